The van der Waals surface area contributed by atoms with Gasteiger partial charge in [0.15, 0.2) is 4.80 Å². The number of carbonyl (C=O) groups is 1. The summed E-state index contributed by atoms with van der Waals surface area (Å²) < 4.78 is 9.34. The van der Waals surface area contributed by atoms with Crippen LogP contribution in [-0.2, 0) is 11.3 Å². The van der Waals surface area contributed by atoms with Gasteiger partial charge in [-0.3, -0.25) is 18.8 Å². The standard InChI is InChI=1S/C29H29N5O3S/c1-6-33-16-21(18(3)32-33)15-24-28(36)34-26(20-11-13-22(37-5)14-12-20)25(19(4)30-29(34)38-24)27(35)31-23-10-8-7-9-17(23)2/h7-16,26H,6H2,1-5H3,(H,31,35)/b24-15-. The Morgan fingerprint density at radius 1 is 1.13 bits per heavy atom. The highest BCUT2D eigenvalue weighted by molar-refractivity contribution is 7.07. The zero-order chi connectivity index (χ0) is 27.0. The number of nitrogens with one attached hydrogen (secondary N) is 1. The average Bonchev–Trinajstić information content (AvgIpc) is 3.42. The Hall–Kier alpha value is -4.24. The third-order valence-corrected chi connectivity index (χ3v) is 7.67. The number of aromatic nitrogens is 3. The Kier molecular flexibility index (Phi) is 6.86. The van der Waals surface area contributed by atoms with E-state index in [-0.39, 0.29) is 11.5 Å². The number of hydrogen-bond donors (Lipinski definition) is 1. The zero-order valence-corrected chi connectivity index (χ0v) is 22.8. The van der Waals surface area contributed by atoms with E-state index in [1.54, 1.807) is 11.7 Å². The topological polar surface area (TPSA) is 90.5 Å². The molecule has 0 aliphatic carbocycles. The van der Waals surface area contributed by atoms with Crippen molar-refractivity contribution in [3.8, 4) is 5.75 Å². The molecule has 0 spiro atoms. The van der Waals surface area contributed by atoms with Crippen molar-refractivity contribution >= 4 is 29.0 Å². The van der Waals surface area contributed by atoms with Crippen molar-refractivity contribution < 1.29 is 9.53 Å². The monoisotopic (exact) mass is 527 g/mol. The molecule has 1 aliphatic heterocycles. The van der Waals surface area contributed by atoms with Crippen LogP contribution in [0.3, 0.4) is 0 Å². The van der Waals surface area contributed by atoms with Crippen molar-refractivity contribution in [2.75, 3.05) is 12.4 Å². The Balaban J connectivity index is 1.67. The number of allylic oxidation sites excluding steroid dienone is 1. The molecule has 3 heterocycles. The first-order valence-electron chi connectivity index (χ1n) is 12.4. The SMILES string of the molecule is CCn1cc(/C=c2\sc3n(c2=O)C(c2ccc(OC)cc2)C(C(=O)Nc2ccccc2C)=C(C)N=3)c(C)n1. The molecule has 0 fully saturated rings. The highest BCUT2D eigenvalue weighted by Crippen LogP contribution is 2.32. The van der Waals surface area contributed by atoms with E-state index in [0.29, 0.717) is 32.0 Å². The maximum atomic E-state index is 13.9. The molecule has 2 aromatic heterocycles. The number of para-hydroxylation sites is 1. The molecule has 38 heavy (non-hydrogen) atoms. The summed E-state index contributed by atoms with van der Waals surface area (Å²) in [7, 11) is 1.60. The number of benzene rings is 2. The predicted molar refractivity (Wildman–Crippen MR) is 149 cm³/mol. The number of aryl methyl sites for hydroxylation is 3. The quantitative estimate of drug-likeness (QED) is 0.414. The number of amides is 1. The summed E-state index contributed by atoms with van der Waals surface area (Å²) in [5.41, 5.74) is 4.97. The molecule has 1 aliphatic rings. The zero-order valence-electron chi connectivity index (χ0n) is 22.0. The van der Waals surface area contributed by atoms with Crippen molar-refractivity contribution in [3.63, 3.8) is 0 Å². The van der Waals surface area contributed by atoms with Gasteiger partial charge < -0.3 is 10.1 Å². The lowest BCUT2D eigenvalue weighted by atomic mass is 9.95. The van der Waals surface area contributed by atoms with Gasteiger partial charge in [0.2, 0.25) is 0 Å². The summed E-state index contributed by atoms with van der Waals surface area (Å²) >= 11 is 1.31. The van der Waals surface area contributed by atoms with Crippen molar-refractivity contribution in [3.05, 3.63) is 108 Å². The first-order chi connectivity index (χ1) is 18.3. The van der Waals surface area contributed by atoms with Crippen LogP contribution in [0.5, 0.6) is 5.75 Å². The second kappa shape index (κ2) is 10.3. The molecule has 5 rings (SSSR count). The fourth-order valence-electron chi connectivity index (χ4n) is 4.59. The fourth-order valence-corrected chi connectivity index (χ4v) is 5.63. The Morgan fingerprint density at radius 3 is 2.53 bits per heavy atom. The summed E-state index contributed by atoms with van der Waals surface area (Å²) in [5.74, 6) is 0.395. The van der Waals surface area contributed by atoms with E-state index in [9.17, 15) is 9.59 Å². The van der Waals surface area contributed by atoms with Gasteiger partial charge in [-0.05, 0) is 63.1 Å². The summed E-state index contributed by atoms with van der Waals surface area (Å²) in [5, 5.41) is 7.53. The Labute approximate surface area is 224 Å². The molecule has 9 heteroatoms. The number of rotatable bonds is 6. The van der Waals surface area contributed by atoms with Crippen LogP contribution in [0.2, 0.25) is 0 Å². The molecule has 2 aromatic carbocycles. The third-order valence-electron chi connectivity index (χ3n) is 6.69. The van der Waals surface area contributed by atoms with E-state index < -0.39 is 6.04 Å². The van der Waals surface area contributed by atoms with Crippen LogP contribution in [0.25, 0.3) is 6.08 Å². The highest BCUT2D eigenvalue weighted by Gasteiger charge is 2.32. The molecular formula is C29H29N5O3S. The number of fused-ring (bicyclic) bond motifs is 1. The molecular weight excluding hydrogens is 498 g/mol. The maximum Gasteiger partial charge on any atom is 0.271 e. The van der Waals surface area contributed by atoms with Crippen LogP contribution in [0.4, 0.5) is 5.69 Å². The first-order valence-corrected chi connectivity index (χ1v) is 13.2. The van der Waals surface area contributed by atoms with Gasteiger partial charge in [0.05, 0.1) is 34.6 Å². The summed E-state index contributed by atoms with van der Waals surface area (Å²) in [6.45, 7) is 8.44. The summed E-state index contributed by atoms with van der Waals surface area (Å²) in [4.78, 5) is 32.9. The third kappa shape index (κ3) is 4.61. The first kappa shape index (κ1) is 25.4. The molecule has 4 aromatic rings. The predicted octanol–water partition coefficient (Wildman–Crippen LogP) is 3.72. The van der Waals surface area contributed by atoms with Gasteiger partial charge in [-0.15, -0.1) is 0 Å². The second-order valence-electron chi connectivity index (χ2n) is 9.15. The van der Waals surface area contributed by atoms with Crippen molar-refractivity contribution in [2.24, 2.45) is 4.99 Å². The number of thiazole rings is 1. The van der Waals surface area contributed by atoms with E-state index >= 15 is 0 Å². The molecule has 1 atom stereocenters. The molecule has 1 unspecified atom stereocenters. The molecule has 1 amide bonds. The number of ether oxygens (including phenoxy) is 1. The molecule has 0 bridgehead atoms. The van der Waals surface area contributed by atoms with E-state index in [2.05, 4.69) is 10.4 Å². The smallest absolute Gasteiger partial charge is 0.271 e. The van der Waals surface area contributed by atoms with E-state index in [0.717, 1.165) is 28.9 Å². The van der Waals surface area contributed by atoms with Crippen molar-refractivity contribution in [2.45, 2.75) is 40.3 Å². The Morgan fingerprint density at radius 2 is 1.87 bits per heavy atom. The number of hydrogen-bond acceptors (Lipinski definition) is 6. The highest BCUT2D eigenvalue weighted by atomic mass is 32.1. The van der Waals surface area contributed by atoms with Gasteiger partial charge in [0, 0.05) is 24.0 Å². The molecule has 8 nitrogen and oxygen atoms in total. The van der Waals surface area contributed by atoms with E-state index in [4.69, 9.17) is 9.73 Å². The van der Waals surface area contributed by atoms with Crippen LogP contribution in [0.15, 0.2) is 75.8 Å². The molecule has 194 valence electrons. The van der Waals surface area contributed by atoms with Gasteiger partial charge >= 0.3 is 0 Å². The minimum Gasteiger partial charge on any atom is -0.497 e. The van der Waals surface area contributed by atoms with Crippen molar-refractivity contribution in [1.82, 2.24) is 14.3 Å². The Bertz CT molecular complexity index is 1740. The van der Waals surface area contributed by atoms with E-state index in [1.807, 2.05) is 93.2 Å². The lowest BCUT2D eigenvalue weighted by molar-refractivity contribution is -0.113. The number of methoxy groups -OCH3 is 1. The normalized spacial score (nSPS) is 15.3. The summed E-state index contributed by atoms with van der Waals surface area (Å²) in [6.07, 6.45) is 3.79. The van der Waals surface area contributed by atoms with Gasteiger partial charge in [0.1, 0.15) is 5.75 Å². The molecule has 0 saturated carbocycles. The lowest BCUT2D eigenvalue weighted by Gasteiger charge is -2.25. The minimum absolute atomic E-state index is 0.202. The largest absolute Gasteiger partial charge is 0.497 e. The van der Waals surface area contributed by atoms with Crippen molar-refractivity contribution in [1.29, 1.82) is 0 Å². The average molecular weight is 528 g/mol. The number of nitrogens with zero attached hydrogens (tertiary/aromatic N) is 4. The number of anilines is 1. The van der Waals surface area contributed by atoms with Crippen LogP contribution >= 0.6 is 11.3 Å². The van der Waals surface area contributed by atoms with E-state index in [1.165, 1.54) is 11.3 Å². The molecule has 0 radical (unpaired) electrons. The van der Waals surface area contributed by atoms with Gasteiger partial charge in [-0.2, -0.15) is 5.10 Å². The van der Waals surface area contributed by atoms with Gasteiger partial charge in [-0.1, -0.05) is 41.7 Å². The fraction of sp³-hybridized carbons (Fsp3) is 0.241. The van der Waals surface area contributed by atoms with Crippen LogP contribution < -0.4 is 24.9 Å². The lowest BCUT2D eigenvalue weighted by Crippen LogP contribution is -2.40. The molecule has 1 N–H and O–H groups in total. The van der Waals surface area contributed by atoms with Crippen LogP contribution in [0, 0.1) is 13.8 Å². The van der Waals surface area contributed by atoms with Gasteiger partial charge in [-0.25, -0.2) is 4.99 Å². The maximum absolute atomic E-state index is 13.9. The van der Waals surface area contributed by atoms with Crippen LogP contribution in [0.1, 0.15) is 42.3 Å². The minimum atomic E-state index is -0.650. The second-order valence-corrected chi connectivity index (χ2v) is 10.2. The number of carbonyl (C=O) groups excluding carboxylic acids is 1. The van der Waals surface area contributed by atoms with Gasteiger partial charge in [0.25, 0.3) is 11.5 Å². The summed E-state index contributed by atoms with van der Waals surface area (Å²) in [6, 6.07) is 14.4. The molecule has 0 saturated heterocycles. The van der Waals surface area contributed by atoms with Crippen LogP contribution in [-0.4, -0.2) is 27.4 Å².